The molecule has 0 atom stereocenters. The number of carboxylic acid groups (broad SMARTS) is 1. The summed E-state index contributed by atoms with van der Waals surface area (Å²) in [6.07, 6.45) is 9.53. The molecule has 1 N–H and O–H groups in total. The highest BCUT2D eigenvalue weighted by Gasteiger charge is 2.14. The summed E-state index contributed by atoms with van der Waals surface area (Å²) in [6, 6.07) is 0. The van der Waals surface area contributed by atoms with E-state index in [1.54, 1.807) is 24.9 Å². The maximum atomic E-state index is 10.9. The predicted octanol–water partition coefficient (Wildman–Crippen LogP) is 3.52. The zero-order chi connectivity index (χ0) is 17.1. The molecule has 23 heavy (non-hydrogen) atoms. The Labute approximate surface area is 145 Å². The summed E-state index contributed by atoms with van der Waals surface area (Å²) < 4.78 is 4.97. The van der Waals surface area contributed by atoms with Gasteiger partial charge in [-0.05, 0) is 12.3 Å². The summed E-state index contributed by atoms with van der Waals surface area (Å²) in [6.45, 7) is 5.28. The lowest BCUT2D eigenvalue weighted by Crippen LogP contribution is -2.27. The zero-order valence-electron chi connectivity index (χ0n) is 13.4. The average molecular weight is 354 g/mol. The van der Waals surface area contributed by atoms with Crippen molar-refractivity contribution in [2.75, 3.05) is 38.0 Å². The molecular formula is C16H22N2O3S2. The fourth-order valence-corrected chi connectivity index (χ4v) is 3.08. The van der Waals surface area contributed by atoms with Crippen molar-refractivity contribution >= 4 is 40.3 Å². The van der Waals surface area contributed by atoms with E-state index in [1.807, 2.05) is 34.8 Å². The van der Waals surface area contributed by atoms with Gasteiger partial charge in [0.2, 0.25) is 0 Å². The Hall–Kier alpha value is -1.57. The first-order valence-electron chi connectivity index (χ1n) is 7.04. The Morgan fingerprint density at radius 2 is 2.39 bits per heavy atom. The number of aromatic nitrogens is 1. The first kappa shape index (κ1) is 19.5. The maximum Gasteiger partial charge on any atom is 0.305 e. The minimum Gasteiger partial charge on any atom is -0.481 e. The molecule has 1 aromatic rings. The number of allylic oxidation sites excluding steroid dienone is 2. The third kappa shape index (κ3) is 7.49. The number of thiazole rings is 1. The number of ether oxygens (including phenoxy) is 1. The third-order valence-corrected chi connectivity index (χ3v) is 4.55. The van der Waals surface area contributed by atoms with Crippen molar-refractivity contribution in [3.05, 3.63) is 40.8 Å². The second-order valence-electron chi connectivity index (χ2n) is 4.55. The van der Waals surface area contributed by atoms with E-state index in [9.17, 15) is 4.79 Å². The standard InChI is InChI=1S/C16H22N2O3S2/c1-4-6-14(22-3)11-18(9-8-15(19)20)16-17-13(12-23-16)7-5-10-21-2/h4-7,12H,1,8-11H2,2-3H3,(H,19,20)/b7-5+,14-6-. The lowest BCUT2D eigenvalue weighted by Gasteiger charge is -2.21. The van der Waals surface area contributed by atoms with Crippen LogP contribution < -0.4 is 4.90 Å². The Bertz CT molecular complexity index is 567. The minimum atomic E-state index is -0.815. The van der Waals surface area contributed by atoms with Crippen molar-refractivity contribution in [3.63, 3.8) is 0 Å². The van der Waals surface area contributed by atoms with Gasteiger partial charge in [0.05, 0.1) is 25.3 Å². The van der Waals surface area contributed by atoms with Gasteiger partial charge in [-0.15, -0.1) is 23.1 Å². The van der Waals surface area contributed by atoms with E-state index in [0.29, 0.717) is 19.7 Å². The van der Waals surface area contributed by atoms with Crippen LogP contribution in [0.2, 0.25) is 0 Å². The van der Waals surface area contributed by atoms with Gasteiger partial charge in [-0.2, -0.15) is 0 Å². The van der Waals surface area contributed by atoms with E-state index in [0.717, 1.165) is 15.7 Å². The molecule has 0 unspecified atom stereocenters. The molecule has 126 valence electrons. The van der Waals surface area contributed by atoms with Crippen LogP contribution in [0, 0.1) is 0 Å². The van der Waals surface area contributed by atoms with Crippen LogP contribution in [0.25, 0.3) is 6.08 Å². The van der Waals surface area contributed by atoms with Crippen molar-refractivity contribution in [1.29, 1.82) is 0 Å². The second kappa shape index (κ2) is 11.0. The summed E-state index contributed by atoms with van der Waals surface area (Å²) in [7, 11) is 1.64. The number of anilines is 1. The highest BCUT2D eigenvalue weighted by atomic mass is 32.2. The van der Waals surface area contributed by atoms with Crippen LogP contribution in [0.3, 0.4) is 0 Å². The zero-order valence-corrected chi connectivity index (χ0v) is 15.0. The molecule has 5 nitrogen and oxygen atoms in total. The predicted molar refractivity (Wildman–Crippen MR) is 99.3 cm³/mol. The van der Waals surface area contributed by atoms with E-state index >= 15 is 0 Å². The summed E-state index contributed by atoms with van der Waals surface area (Å²) in [5, 5.41) is 11.7. The number of aliphatic carboxylic acids is 1. The third-order valence-electron chi connectivity index (χ3n) is 2.84. The van der Waals surface area contributed by atoms with Crippen LogP contribution in [-0.2, 0) is 9.53 Å². The first-order valence-corrected chi connectivity index (χ1v) is 9.14. The van der Waals surface area contributed by atoms with Gasteiger partial charge in [0.25, 0.3) is 0 Å². The van der Waals surface area contributed by atoms with E-state index in [4.69, 9.17) is 9.84 Å². The smallest absolute Gasteiger partial charge is 0.305 e. The van der Waals surface area contributed by atoms with Crippen LogP contribution in [0.4, 0.5) is 5.13 Å². The molecule has 0 bridgehead atoms. The normalized spacial score (nSPS) is 11.8. The van der Waals surface area contributed by atoms with Crippen molar-refractivity contribution in [3.8, 4) is 0 Å². The lowest BCUT2D eigenvalue weighted by molar-refractivity contribution is -0.136. The SMILES string of the molecule is C=C/C=C(/CN(CCC(=O)O)c1nc(/C=C/COC)cs1)SC. The van der Waals surface area contributed by atoms with Gasteiger partial charge >= 0.3 is 5.97 Å². The summed E-state index contributed by atoms with van der Waals surface area (Å²) >= 11 is 3.13. The van der Waals surface area contributed by atoms with Crippen LogP contribution in [-0.4, -0.2) is 49.1 Å². The average Bonchev–Trinajstić information content (AvgIpc) is 2.99. The van der Waals surface area contributed by atoms with E-state index in [1.165, 1.54) is 11.3 Å². The number of hydrogen-bond donors (Lipinski definition) is 1. The minimum absolute atomic E-state index is 0.0736. The quantitative estimate of drug-likeness (QED) is 0.614. The topological polar surface area (TPSA) is 62.7 Å². The molecule has 0 aliphatic heterocycles. The maximum absolute atomic E-state index is 10.9. The van der Waals surface area contributed by atoms with E-state index < -0.39 is 5.97 Å². The van der Waals surface area contributed by atoms with Gasteiger partial charge in [-0.1, -0.05) is 24.8 Å². The van der Waals surface area contributed by atoms with Crippen molar-refractivity contribution in [1.82, 2.24) is 4.98 Å². The Morgan fingerprint density at radius 3 is 3.00 bits per heavy atom. The Kier molecular flexibility index (Phi) is 9.35. The summed E-state index contributed by atoms with van der Waals surface area (Å²) in [4.78, 5) is 18.5. The largest absolute Gasteiger partial charge is 0.481 e. The highest BCUT2D eigenvalue weighted by molar-refractivity contribution is 8.02. The van der Waals surface area contributed by atoms with Crippen LogP contribution in [0.15, 0.2) is 35.1 Å². The summed E-state index contributed by atoms with van der Waals surface area (Å²) in [5.41, 5.74) is 0.848. The monoisotopic (exact) mass is 354 g/mol. The van der Waals surface area contributed by atoms with E-state index in [2.05, 4.69) is 11.6 Å². The first-order chi connectivity index (χ1) is 11.1. The fraction of sp³-hybridized carbons (Fsp3) is 0.375. The van der Waals surface area contributed by atoms with Crippen LogP contribution in [0.5, 0.6) is 0 Å². The molecule has 7 heteroatoms. The van der Waals surface area contributed by atoms with Gasteiger partial charge in [-0.3, -0.25) is 4.79 Å². The number of methoxy groups -OCH3 is 1. The van der Waals surface area contributed by atoms with Crippen molar-refractivity contribution in [2.45, 2.75) is 6.42 Å². The second-order valence-corrected chi connectivity index (χ2v) is 6.32. The molecule has 0 fully saturated rings. The fourth-order valence-electron chi connectivity index (χ4n) is 1.74. The Balaban J connectivity index is 2.88. The number of thioether (sulfide) groups is 1. The number of carboxylic acids is 1. The Morgan fingerprint density at radius 1 is 1.61 bits per heavy atom. The van der Waals surface area contributed by atoms with Gasteiger partial charge in [0.1, 0.15) is 0 Å². The van der Waals surface area contributed by atoms with Gasteiger partial charge in [0, 0.05) is 23.9 Å². The molecule has 0 aliphatic rings. The molecule has 0 spiro atoms. The van der Waals surface area contributed by atoms with Crippen LogP contribution >= 0.6 is 23.1 Å². The van der Waals surface area contributed by atoms with Crippen LogP contribution in [0.1, 0.15) is 12.1 Å². The van der Waals surface area contributed by atoms with E-state index in [-0.39, 0.29) is 6.42 Å². The molecule has 1 aromatic heterocycles. The molecule has 0 aliphatic carbocycles. The summed E-state index contributed by atoms with van der Waals surface area (Å²) in [5.74, 6) is -0.815. The number of hydrogen-bond acceptors (Lipinski definition) is 6. The molecule has 0 saturated carbocycles. The highest BCUT2D eigenvalue weighted by Crippen LogP contribution is 2.24. The molecule has 0 aromatic carbocycles. The van der Waals surface area contributed by atoms with Gasteiger partial charge < -0.3 is 14.7 Å². The number of rotatable bonds is 11. The molecule has 0 radical (unpaired) electrons. The van der Waals surface area contributed by atoms with Crippen molar-refractivity contribution in [2.24, 2.45) is 0 Å². The molecule has 0 saturated heterocycles. The van der Waals surface area contributed by atoms with Gasteiger partial charge in [-0.25, -0.2) is 4.98 Å². The molecule has 1 heterocycles. The molecule has 1 rings (SSSR count). The van der Waals surface area contributed by atoms with Gasteiger partial charge in [0.15, 0.2) is 5.13 Å². The lowest BCUT2D eigenvalue weighted by atomic mass is 10.3. The number of carbonyl (C=O) groups is 1. The molecule has 0 amide bonds. The molecular weight excluding hydrogens is 332 g/mol. The number of nitrogens with zero attached hydrogens (tertiary/aromatic N) is 2. The van der Waals surface area contributed by atoms with Crippen molar-refractivity contribution < 1.29 is 14.6 Å².